The Morgan fingerprint density at radius 3 is 2.42 bits per heavy atom. The summed E-state index contributed by atoms with van der Waals surface area (Å²) in [5.41, 5.74) is -0.667. The van der Waals surface area contributed by atoms with Crippen molar-refractivity contribution < 1.29 is 18.8 Å². The Labute approximate surface area is 116 Å². The molecule has 0 aromatic heterocycles. The van der Waals surface area contributed by atoms with E-state index in [0.29, 0.717) is 6.61 Å². The minimum Gasteiger partial charge on any atom is -0.392 e. The molecule has 19 heavy (non-hydrogen) atoms. The summed E-state index contributed by atoms with van der Waals surface area (Å²) < 4.78 is 22.6. The maximum absolute atomic E-state index is 5.77. The minimum absolute atomic E-state index is 0.0960. The number of rotatable bonds is 2. The molecule has 5 heteroatoms. The molecule has 0 radical (unpaired) electrons. The van der Waals surface area contributed by atoms with Crippen molar-refractivity contribution in [2.45, 2.75) is 64.4 Å². The molecule has 0 bridgehead atoms. The first-order chi connectivity index (χ1) is 8.91. The van der Waals surface area contributed by atoms with Crippen LogP contribution in [0.25, 0.3) is 0 Å². The van der Waals surface area contributed by atoms with Crippen LogP contribution >= 0.6 is 0 Å². The maximum atomic E-state index is 5.77. The Hall–Kier alpha value is -0.535. The number of ether oxygens (including phenoxy) is 2. The summed E-state index contributed by atoms with van der Waals surface area (Å²) in [6.45, 7) is 9.20. The number of hydrogen-bond acceptors (Lipinski definition) is 4. The molecule has 0 aromatic carbocycles. The third kappa shape index (κ3) is 3.73. The second-order valence-corrected chi connectivity index (χ2v) is 6.02. The van der Waals surface area contributed by atoms with E-state index in [0.717, 1.165) is 25.9 Å². The van der Waals surface area contributed by atoms with E-state index in [-0.39, 0.29) is 17.5 Å². The van der Waals surface area contributed by atoms with Gasteiger partial charge in [0.2, 0.25) is 0 Å². The summed E-state index contributed by atoms with van der Waals surface area (Å²) >= 11 is 0. The zero-order valence-electron chi connectivity index (χ0n) is 12.3. The van der Waals surface area contributed by atoms with Gasteiger partial charge in [0, 0.05) is 6.61 Å². The molecule has 1 unspecified atom stereocenters. The fraction of sp³-hybridized carbons (Fsp3) is 0.857. The van der Waals surface area contributed by atoms with Crippen LogP contribution in [-0.4, -0.2) is 37.8 Å². The molecular formula is C14H23BO4. The van der Waals surface area contributed by atoms with Crippen molar-refractivity contribution in [3.63, 3.8) is 0 Å². The quantitative estimate of drug-likeness (QED) is 0.567. The van der Waals surface area contributed by atoms with Gasteiger partial charge in [-0.25, -0.2) is 0 Å². The van der Waals surface area contributed by atoms with Gasteiger partial charge in [-0.15, -0.1) is 0 Å². The lowest BCUT2D eigenvalue weighted by atomic mass is 9.90. The topological polar surface area (TPSA) is 36.9 Å². The van der Waals surface area contributed by atoms with Crippen molar-refractivity contribution in [2.24, 2.45) is 0 Å². The fourth-order valence-corrected chi connectivity index (χ4v) is 2.00. The van der Waals surface area contributed by atoms with E-state index >= 15 is 0 Å². The van der Waals surface area contributed by atoms with E-state index in [2.05, 4.69) is 11.7 Å². The predicted molar refractivity (Wildman–Crippen MR) is 73.4 cm³/mol. The van der Waals surface area contributed by atoms with Crippen molar-refractivity contribution in [3.05, 3.63) is 0 Å². The molecule has 2 heterocycles. The highest BCUT2D eigenvalue weighted by molar-refractivity contribution is 6.55. The predicted octanol–water partition coefficient (Wildman–Crippen LogP) is 2.16. The van der Waals surface area contributed by atoms with Crippen LogP contribution in [0.3, 0.4) is 0 Å². The molecule has 0 N–H and O–H groups in total. The van der Waals surface area contributed by atoms with Gasteiger partial charge in [0.25, 0.3) is 0 Å². The fourth-order valence-electron chi connectivity index (χ4n) is 2.00. The highest BCUT2D eigenvalue weighted by atomic mass is 16.7. The first-order valence-electron chi connectivity index (χ1n) is 6.98. The van der Waals surface area contributed by atoms with Gasteiger partial charge in [0.05, 0.1) is 11.2 Å². The Kier molecular flexibility index (Phi) is 4.57. The normalized spacial score (nSPS) is 28.8. The smallest absolute Gasteiger partial charge is 0.392 e. The zero-order valence-corrected chi connectivity index (χ0v) is 12.3. The Balaban J connectivity index is 1.75. The highest BCUT2D eigenvalue weighted by Gasteiger charge is 2.50. The van der Waals surface area contributed by atoms with Crippen LogP contribution in [0.2, 0.25) is 0 Å². The van der Waals surface area contributed by atoms with Crippen molar-refractivity contribution in [2.75, 3.05) is 13.2 Å². The summed E-state index contributed by atoms with van der Waals surface area (Å²) in [5.74, 6) is 5.91. The Morgan fingerprint density at radius 2 is 1.84 bits per heavy atom. The van der Waals surface area contributed by atoms with Crippen LogP contribution in [-0.2, 0) is 18.8 Å². The van der Waals surface area contributed by atoms with E-state index < -0.39 is 7.12 Å². The molecule has 0 spiro atoms. The summed E-state index contributed by atoms with van der Waals surface area (Å²) in [6.07, 6.45) is 3.15. The van der Waals surface area contributed by atoms with Gasteiger partial charge in [0.15, 0.2) is 6.29 Å². The summed E-state index contributed by atoms with van der Waals surface area (Å²) in [6, 6.07) is 0. The molecule has 0 aromatic rings. The molecule has 0 amide bonds. The van der Waals surface area contributed by atoms with Crippen molar-refractivity contribution in [3.8, 4) is 11.7 Å². The van der Waals surface area contributed by atoms with E-state index in [1.807, 2.05) is 27.7 Å². The molecule has 0 aliphatic carbocycles. The average Bonchev–Trinajstić information content (AvgIpc) is 2.55. The van der Waals surface area contributed by atoms with Crippen molar-refractivity contribution in [1.82, 2.24) is 0 Å². The molecule has 1 atom stereocenters. The lowest BCUT2D eigenvalue weighted by molar-refractivity contribution is -0.154. The zero-order chi connectivity index (χ0) is 13.9. The molecule has 2 fully saturated rings. The van der Waals surface area contributed by atoms with Gasteiger partial charge in [-0.2, -0.15) is 0 Å². The van der Waals surface area contributed by atoms with E-state index in [9.17, 15) is 0 Å². The third-order valence-corrected chi connectivity index (χ3v) is 3.95. The lowest BCUT2D eigenvalue weighted by Gasteiger charge is -2.32. The third-order valence-electron chi connectivity index (χ3n) is 3.95. The Morgan fingerprint density at radius 1 is 1.16 bits per heavy atom. The average molecular weight is 266 g/mol. The minimum atomic E-state index is -0.471. The molecule has 0 saturated carbocycles. The SMILES string of the molecule is CC1(C)OB(C#CCOC2CCCCO2)OC1(C)C. The van der Waals surface area contributed by atoms with Crippen LogP contribution in [0.1, 0.15) is 47.0 Å². The molecular weight excluding hydrogens is 243 g/mol. The standard InChI is InChI=1S/C14H23BO4/c1-13(2)14(3,4)19-15(18-13)9-7-11-17-12-8-5-6-10-16-12/h12H,5-6,8,10-11H2,1-4H3. The lowest BCUT2D eigenvalue weighted by Crippen LogP contribution is -2.41. The van der Waals surface area contributed by atoms with Crippen LogP contribution in [0.5, 0.6) is 0 Å². The van der Waals surface area contributed by atoms with Gasteiger partial charge in [-0.05, 0) is 47.0 Å². The van der Waals surface area contributed by atoms with Crippen molar-refractivity contribution in [1.29, 1.82) is 0 Å². The van der Waals surface area contributed by atoms with Crippen molar-refractivity contribution >= 4 is 7.12 Å². The van der Waals surface area contributed by atoms with E-state index in [4.69, 9.17) is 18.8 Å². The first-order valence-corrected chi connectivity index (χ1v) is 6.98. The first kappa shape index (κ1) is 14.9. The highest BCUT2D eigenvalue weighted by Crippen LogP contribution is 2.36. The molecule has 106 valence electrons. The summed E-state index contributed by atoms with van der Waals surface area (Å²) in [4.78, 5) is 0. The summed E-state index contributed by atoms with van der Waals surface area (Å²) in [7, 11) is -0.471. The summed E-state index contributed by atoms with van der Waals surface area (Å²) in [5, 5.41) is 0. The molecule has 4 nitrogen and oxygen atoms in total. The molecule has 2 rings (SSSR count). The van der Waals surface area contributed by atoms with Gasteiger partial charge >= 0.3 is 7.12 Å². The maximum Gasteiger partial charge on any atom is 0.551 e. The second kappa shape index (κ2) is 5.84. The monoisotopic (exact) mass is 266 g/mol. The van der Waals surface area contributed by atoms with Gasteiger partial charge in [-0.1, -0.05) is 11.7 Å². The van der Waals surface area contributed by atoms with Crippen LogP contribution in [0, 0.1) is 11.7 Å². The van der Waals surface area contributed by atoms with E-state index in [1.54, 1.807) is 0 Å². The van der Waals surface area contributed by atoms with Gasteiger partial charge in [-0.3, -0.25) is 0 Å². The van der Waals surface area contributed by atoms with Gasteiger partial charge in [0.1, 0.15) is 6.61 Å². The largest absolute Gasteiger partial charge is 0.551 e. The Bertz CT molecular complexity index is 347. The van der Waals surface area contributed by atoms with E-state index in [1.165, 1.54) is 0 Å². The van der Waals surface area contributed by atoms with Crippen LogP contribution in [0.15, 0.2) is 0 Å². The molecule has 2 aliphatic heterocycles. The van der Waals surface area contributed by atoms with Crippen LogP contribution in [0.4, 0.5) is 0 Å². The number of hydrogen-bond donors (Lipinski definition) is 0. The van der Waals surface area contributed by atoms with Gasteiger partial charge < -0.3 is 18.8 Å². The van der Waals surface area contributed by atoms with Crippen LogP contribution < -0.4 is 0 Å². The molecule has 2 saturated heterocycles. The molecule has 2 aliphatic rings. The second-order valence-electron chi connectivity index (χ2n) is 6.02.